The summed E-state index contributed by atoms with van der Waals surface area (Å²) in [6.45, 7) is 3.99. The van der Waals surface area contributed by atoms with E-state index in [2.05, 4.69) is 55.5 Å². The Morgan fingerprint density at radius 2 is 1.58 bits per heavy atom. The number of halogens is 3. The molecule has 20 heteroatoms. The second-order valence-corrected chi connectivity index (χ2v) is 13.7. The molecule has 5 heterocycles. The molecule has 0 saturated carbocycles. The Morgan fingerprint density at radius 3 is 2.19 bits per heavy atom. The summed E-state index contributed by atoms with van der Waals surface area (Å²) in [5.41, 5.74) is 3.98. The fourth-order valence-electron chi connectivity index (χ4n) is 6.71. The molecule has 5 aromatic rings. The van der Waals surface area contributed by atoms with Gasteiger partial charge in [0, 0.05) is 57.1 Å². The molecule has 59 heavy (non-hydrogen) atoms. The minimum atomic E-state index is -5.08. The number of pyridine rings is 1. The van der Waals surface area contributed by atoms with Crippen LogP contribution in [0.15, 0.2) is 91.5 Å². The van der Waals surface area contributed by atoms with Crippen LogP contribution in [0, 0.1) is 0 Å². The van der Waals surface area contributed by atoms with Crippen molar-refractivity contribution in [2.45, 2.75) is 62.6 Å². The molecule has 0 bridgehead atoms. The number of carboxylic acids is 1. The number of nitrogens with one attached hydrogen (secondary N) is 4. The number of aliphatic hydroxyl groups excluding tert-OH is 2. The molecule has 3 aromatic heterocycles. The standard InChI is InChI=1S/C37H42N10O5.C2HF3O2/c1-2-39-34(50)31-29(48)30(49)35(52-31)47-22-42-28-32(40-20-27(24-9-5-3-6-10-24)25-11-7-4-8-12-25)44-36(45-33(28)47)46-18-15-26(21-46)43-37(51)41-19-23-13-16-38-17-14-23;3-2(4,5)1(6)7/h3-14,16-17,22,26-27,29-31,35,48-49H,2,15,18-21H2,1H3,(H,39,50)(H,40,44,45)(H2,41,43,51);(H,6,7)/t26-,29+,30-,31+,35-;/m1./s1. The number of urea groups is 1. The van der Waals surface area contributed by atoms with Crippen LogP contribution in [0.2, 0.25) is 0 Å². The second-order valence-electron chi connectivity index (χ2n) is 13.7. The molecule has 7 N–H and O–H groups in total. The van der Waals surface area contributed by atoms with Crippen LogP contribution in [0.1, 0.15) is 42.2 Å². The number of carbonyl (C=O) groups excluding carboxylic acids is 2. The first-order chi connectivity index (χ1) is 28.3. The number of aromatic nitrogens is 5. The van der Waals surface area contributed by atoms with Crippen molar-refractivity contribution in [3.63, 3.8) is 0 Å². The predicted octanol–water partition coefficient (Wildman–Crippen LogP) is 2.93. The van der Waals surface area contributed by atoms with Crippen molar-refractivity contribution in [2.24, 2.45) is 0 Å². The van der Waals surface area contributed by atoms with Crippen LogP contribution < -0.4 is 26.2 Å². The normalized spacial score (nSPS) is 20.2. The molecule has 2 aromatic carbocycles. The van der Waals surface area contributed by atoms with Crippen molar-refractivity contribution in [1.29, 1.82) is 0 Å². The van der Waals surface area contributed by atoms with Gasteiger partial charge >= 0.3 is 18.2 Å². The van der Waals surface area contributed by atoms with Crippen LogP contribution in [0.4, 0.5) is 29.7 Å². The highest BCUT2D eigenvalue weighted by Crippen LogP contribution is 2.34. The molecule has 17 nitrogen and oxygen atoms in total. The monoisotopic (exact) mass is 820 g/mol. The molecule has 312 valence electrons. The number of amides is 3. The number of aliphatic hydroxyl groups is 2. The molecule has 2 aliphatic heterocycles. The van der Waals surface area contributed by atoms with Gasteiger partial charge < -0.3 is 46.2 Å². The summed E-state index contributed by atoms with van der Waals surface area (Å²) in [7, 11) is 0. The van der Waals surface area contributed by atoms with Gasteiger partial charge in [0.2, 0.25) is 5.95 Å². The third kappa shape index (κ3) is 10.4. The Morgan fingerprint density at radius 1 is 0.932 bits per heavy atom. The van der Waals surface area contributed by atoms with Crippen molar-refractivity contribution in [3.8, 4) is 0 Å². The summed E-state index contributed by atoms with van der Waals surface area (Å²) < 4.78 is 39.2. The lowest BCUT2D eigenvalue weighted by molar-refractivity contribution is -0.192. The van der Waals surface area contributed by atoms with Crippen LogP contribution in [0.25, 0.3) is 11.2 Å². The number of fused-ring (bicyclic) bond motifs is 1. The number of hydrogen-bond donors (Lipinski definition) is 7. The largest absolute Gasteiger partial charge is 0.490 e. The van der Waals surface area contributed by atoms with Gasteiger partial charge in [0.15, 0.2) is 29.3 Å². The fraction of sp³-hybridized carbons (Fsp3) is 0.359. The van der Waals surface area contributed by atoms with Gasteiger partial charge in [0.1, 0.15) is 12.2 Å². The van der Waals surface area contributed by atoms with Gasteiger partial charge in [-0.1, -0.05) is 60.7 Å². The topological polar surface area (TPSA) is 229 Å². The number of benzene rings is 2. The Hall–Kier alpha value is -6.38. The minimum Gasteiger partial charge on any atom is -0.475 e. The summed E-state index contributed by atoms with van der Waals surface area (Å²) in [6.07, 6.45) is -4.87. The average molecular weight is 821 g/mol. The molecule has 3 amide bonds. The summed E-state index contributed by atoms with van der Waals surface area (Å²) in [6, 6.07) is 23.7. The van der Waals surface area contributed by atoms with E-state index < -0.39 is 42.6 Å². The number of anilines is 2. The lowest BCUT2D eigenvalue weighted by Crippen LogP contribution is -2.43. The van der Waals surface area contributed by atoms with Gasteiger partial charge in [0.05, 0.1) is 6.33 Å². The van der Waals surface area contributed by atoms with E-state index in [0.717, 1.165) is 16.7 Å². The van der Waals surface area contributed by atoms with E-state index in [-0.39, 0.29) is 18.0 Å². The summed E-state index contributed by atoms with van der Waals surface area (Å²) in [5.74, 6) is -2.44. The molecule has 2 saturated heterocycles. The van der Waals surface area contributed by atoms with Gasteiger partial charge in [-0.05, 0) is 42.2 Å². The first-order valence-electron chi connectivity index (χ1n) is 18.7. The zero-order valence-corrected chi connectivity index (χ0v) is 31.7. The molecule has 2 fully saturated rings. The Kier molecular flexibility index (Phi) is 13.5. The van der Waals surface area contributed by atoms with Crippen LogP contribution in [0.5, 0.6) is 0 Å². The Labute approximate surface area is 335 Å². The van der Waals surface area contributed by atoms with E-state index in [1.807, 2.05) is 53.4 Å². The molecule has 0 aliphatic carbocycles. The van der Waals surface area contributed by atoms with Gasteiger partial charge in [-0.3, -0.25) is 14.3 Å². The zero-order valence-electron chi connectivity index (χ0n) is 31.7. The van der Waals surface area contributed by atoms with E-state index in [4.69, 9.17) is 24.6 Å². The average Bonchev–Trinajstić information content (AvgIpc) is 3.96. The van der Waals surface area contributed by atoms with E-state index in [9.17, 15) is 33.0 Å². The molecule has 0 spiro atoms. The van der Waals surface area contributed by atoms with E-state index in [1.54, 1.807) is 19.3 Å². The number of alkyl halides is 3. The number of carboxylic acid groups (broad SMARTS) is 1. The van der Waals surface area contributed by atoms with Gasteiger partial charge in [-0.15, -0.1) is 0 Å². The lowest BCUT2D eigenvalue weighted by Gasteiger charge is -2.22. The minimum absolute atomic E-state index is 0.0167. The van der Waals surface area contributed by atoms with E-state index in [1.165, 1.54) is 10.9 Å². The van der Waals surface area contributed by atoms with Gasteiger partial charge in [0.25, 0.3) is 5.91 Å². The lowest BCUT2D eigenvalue weighted by atomic mass is 9.91. The highest BCUT2D eigenvalue weighted by molar-refractivity contribution is 5.85. The van der Waals surface area contributed by atoms with Crippen LogP contribution in [-0.4, -0.2) is 114 Å². The highest BCUT2D eigenvalue weighted by atomic mass is 19.4. The molecule has 0 unspecified atom stereocenters. The van der Waals surface area contributed by atoms with Crippen LogP contribution >= 0.6 is 0 Å². The molecule has 2 aliphatic rings. The van der Waals surface area contributed by atoms with E-state index in [0.29, 0.717) is 62.1 Å². The second kappa shape index (κ2) is 18.9. The van der Waals surface area contributed by atoms with Gasteiger partial charge in [-0.25, -0.2) is 14.6 Å². The quantitative estimate of drug-likeness (QED) is 0.0962. The Bertz CT molecular complexity index is 2140. The summed E-state index contributed by atoms with van der Waals surface area (Å²) >= 11 is 0. The third-order valence-corrected chi connectivity index (χ3v) is 9.66. The summed E-state index contributed by atoms with van der Waals surface area (Å²) in [5, 5.41) is 41.1. The molecular formula is C39H43F3N10O7. The van der Waals surface area contributed by atoms with Crippen molar-refractivity contribution in [3.05, 3.63) is 108 Å². The number of hydrogen-bond acceptors (Lipinski definition) is 12. The van der Waals surface area contributed by atoms with Crippen LogP contribution in [0.3, 0.4) is 0 Å². The van der Waals surface area contributed by atoms with Gasteiger partial charge in [-0.2, -0.15) is 23.1 Å². The molecule has 5 atom stereocenters. The maximum Gasteiger partial charge on any atom is 0.490 e. The highest BCUT2D eigenvalue weighted by Gasteiger charge is 2.48. The maximum atomic E-state index is 12.8. The van der Waals surface area contributed by atoms with E-state index >= 15 is 0 Å². The third-order valence-electron chi connectivity index (χ3n) is 9.66. The Balaban J connectivity index is 0.000000768. The molecule has 7 rings (SSSR count). The van der Waals surface area contributed by atoms with Crippen LogP contribution in [-0.2, 0) is 20.9 Å². The summed E-state index contributed by atoms with van der Waals surface area (Å²) in [4.78, 5) is 54.8. The number of ether oxygens (including phenoxy) is 1. The van der Waals surface area contributed by atoms with Crippen molar-refractivity contribution < 1.29 is 47.6 Å². The molecule has 0 radical (unpaired) electrons. The maximum absolute atomic E-state index is 12.8. The molecular weight excluding hydrogens is 777 g/mol. The van der Waals surface area contributed by atoms with Crippen molar-refractivity contribution in [1.82, 2.24) is 40.5 Å². The number of carbonyl (C=O) groups is 3. The predicted molar refractivity (Wildman–Crippen MR) is 207 cm³/mol. The smallest absolute Gasteiger partial charge is 0.475 e. The first kappa shape index (κ1) is 42.2. The number of imidazole rings is 1. The number of rotatable bonds is 12. The van der Waals surface area contributed by atoms with Crippen molar-refractivity contribution >= 4 is 40.8 Å². The first-order valence-corrected chi connectivity index (χ1v) is 18.7. The van der Waals surface area contributed by atoms with Crippen molar-refractivity contribution in [2.75, 3.05) is 36.4 Å². The number of aliphatic carboxylic acids is 1. The SMILES string of the molecule is CCNC(=O)[C@H]1O[C@@H](n2cnc3c(NCC(c4ccccc4)c4ccccc4)nc(N4CC[C@@H](NC(=O)NCc5ccncc5)C4)nc32)[C@H](O)[C@@H]1O.O=C(O)C(F)(F)F. The zero-order chi connectivity index (χ0) is 42.1. The number of likely N-dealkylation sites (N-methyl/N-ethyl adjacent to an activating group) is 1. The number of nitrogens with zero attached hydrogens (tertiary/aromatic N) is 6. The fourth-order valence-corrected chi connectivity index (χ4v) is 6.71.